The molecule has 0 aromatic heterocycles. The molecular weight excluding hydrogens is 192 g/mol. The Morgan fingerprint density at radius 2 is 2.20 bits per heavy atom. The quantitative estimate of drug-likeness (QED) is 0.583. The molecule has 0 bridgehead atoms. The number of carbonyl (C=O) groups is 1. The standard InChI is InChI=1S/C11H22N2O2/c1-5-7-12-10(14)13-8-11(4,15)9(3)6-2/h5,9,15H,1,6-8H2,2-4H3,(H2,12,13,14). The van der Waals surface area contributed by atoms with Gasteiger partial charge in [-0.25, -0.2) is 4.79 Å². The number of rotatable bonds is 6. The van der Waals surface area contributed by atoms with Gasteiger partial charge in [-0.15, -0.1) is 6.58 Å². The first-order chi connectivity index (χ1) is 6.94. The molecule has 0 rings (SSSR count). The van der Waals surface area contributed by atoms with Gasteiger partial charge in [0.2, 0.25) is 0 Å². The van der Waals surface area contributed by atoms with Crippen LogP contribution in [-0.4, -0.2) is 29.8 Å². The fourth-order valence-corrected chi connectivity index (χ4v) is 1.10. The van der Waals surface area contributed by atoms with E-state index in [0.29, 0.717) is 6.54 Å². The minimum Gasteiger partial charge on any atom is -0.388 e. The van der Waals surface area contributed by atoms with Crippen molar-refractivity contribution in [3.05, 3.63) is 12.7 Å². The van der Waals surface area contributed by atoms with Crippen molar-refractivity contribution in [3.8, 4) is 0 Å². The predicted octanol–water partition coefficient (Wildman–Crippen LogP) is 1.27. The van der Waals surface area contributed by atoms with Crippen LogP contribution in [0.25, 0.3) is 0 Å². The number of aliphatic hydroxyl groups is 1. The monoisotopic (exact) mass is 214 g/mol. The van der Waals surface area contributed by atoms with Crippen molar-refractivity contribution in [1.29, 1.82) is 0 Å². The highest BCUT2D eigenvalue weighted by molar-refractivity contribution is 5.74. The number of nitrogens with one attached hydrogen (secondary N) is 2. The lowest BCUT2D eigenvalue weighted by atomic mass is 9.89. The number of amides is 2. The fourth-order valence-electron chi connectivity index (χ4n) is 1.10. The van der Waals surface area contributed by atoms with E-state index in [1.54, 1.807) is 13.0 Å². The molecule has 4 heteroatoms. The van der Waals surface area contributed by atoms with Gasteiger partial charge in [0, 0.05) is 13.1 Å². The molecule has 0 saturated carbocycles. The van der Waals surface area contributed by atoms with Crippen molar-refractivity contribution in [3.63, 3.8) is 0 Å². The molecule has 2 unspecified atom stereocenters. The first-order valence-corrected chi connectivity index (χ1v) is 5.29. The van der Waals surface area contributed by atoms with Gasteiger partial charge >= 0.3 is 6.03 Å². The lowest BCUT2D eigenvalue weighted by molar-refractivity contribution is 0.00793. The lowest BCUT2D eigenvalue weighted by Gasteiger charge is -2.29. The Bertz CT molecular complexity index is 215. The molecule has 0 heterocycles. The van der Waals surface area contributed by atoms with Gasteiger partial charge in [0.1, 0.15) is 0 Å². The average molecular weight is 214 g/mol. The SMILES string of the molecule is C=CCNC(=O)NCC(C)(O)C(C)CC. The van der Waals surface area contributed by atoms with E-state index in [1.807, 2.05) is 13.8 Å². The number of carbonyl (C=O) groups excluding carboxylic acids is 1. The van der Waals surface area contributed by atoms with E-state index in [1.165, 1.54) is 0 Å². The van der Waals surface area contributed by atoms with E-state index in [0.717, 1.165) is 6.42 Å². The zero-order chi connectivity index (χ0) is 11.9. The van der Waals surface area contributed by atoms with Gasteiger partial charge in [0.15, 0.2) is 0 Å². The van der Waals surface area contributed by atoms with Crippen LogP contribution in [0.4, 0.5) is 4.79 Å². The van der Waals surface area contributed by atoms with Crippen LogP contribution in [0.2, 0.25) is 0 Å². The van der Waals surface area contributed by atoms with Crippen molar-refractivity contribution in [2.24, 2.45) is 5.92 Å². The molecule has 0 aliphatic heterocycles. The van der Waals surface area contributed by atoms with E-state index in [9.17, 15) is 9.90 Å². The average Bonchev–Trinajstić information content (AvgIpc) is 2.22. The summed E-state index contributed by atoms with van der Waals surface area (Å²) in [6.45, 7) is 9.88. The molecule has 0 aromatic carbocycles. The molecule has 4 nitrogen and oxygen atoms in total. The van der Waals surface area contributed by atoms with Crippen molar-refractivity contribution in [2.45, 2.75) is 32.8 Å². The van der Waals surface area contributed by atoms with Gasteiger partial charge in [-0.1, -0.05) is 26.3 Å². The van der Waals surface area contributed by atoms with E-state index in [4.69, 9.17) is 0 Å². The normalized spacial score (nSPS) is 16.3. The topological polar surface area (TPSA) is 61.4 Å². The van der Waals surface area contributed by atoms with Crippen LogP contribution in [0, 0.1) is 5.92 Å². The summed E-state index contributed by atoms with van der Waals surface area (Å²) >= 11 is 0. The van der Waals surface area contributed by atoms with E-state index >= 15 is 0 Å². The van der Waals surface area contributed by atoms with E-state index < -0.39 is 5.60 Å². The van der Waals surface area contributed by atoms with Gasteiger partial charge in [-0.05, 0) is 12.8 Å². The minimum atomic E-state index is -0.861. The summed E-state index contributed by atoms with van der Waals surface area (Å²) in [6, 6.07) is -0.279. The van der Waals surface area contributed by atoms with Crippen LogP contribution in [-0.2, 0) is 0 Å². The van der Waals surface area contributed by atoms with Crippen molar-refractivity contribution in [2.75, 3.05) is 13.1 Å². The third-order valence-corrected chi connectivity index (χ3v) is 2.69. The minimum absolute atomic E-state index is 0.150. The predicted molar refractivity (Wildman–Crippen MR) is 61.7 cm³/mol. The van der Waals surface area contributed by atoms with Crippen LogP contribution in [0.1, 0.15) is 27.2 Å². The summed E-state index contributed by atoms with van der Waals surface area (Å²) < 4.78 is 0. The molecule has 3 N–H and O–H groups in total. The lowest BCUT2D eigenvalue weighted by Crippen LogP contribution is -2.47. The highest BCUT2D eigenvalue weighted by Crippen LogP contribution is 2.18. The van der Waals surface area contributed by atoms with Crippen LogP contribution in [0.15, 0.2) is 12.7 Å². The molecule has 0 aromatic rings. The third-order valence-electron chi connectivity index (χ3n) is 2.69. The first-order valence-electron chi connectivity index (χ1n) is 5.29. The fraction of sp³-hybridized carbons (Fsp3) is 0.727. The summed E-state index contributed by atoms with van der Waals surface area (Å²) in [7, 11) is 0. The van der Waals surface area contributed by atoms with E-state index in [-0.39, 0.29) is 18.5 Å². The Hall–Kier alpha value is -1.03. The maximum atomic E-state index is 11.2. The van der Waals surface area contributed by atoms with Gasteiger partial charge < -0.3 is 15.7 Å². The zero-order valence-electron chi connectivity index (χ0n) is 9.84. The van der Waals surface area contributed by atoms with Crippen LogP contribution >= 0.6 is 0 Å². The Labute approximate surface area is 91.8 Å². The summed E-state index contributed by atoms with van der Waals surface area (Å²) in [4.78, 5) is 11.2. The van der Waals surface area contributed by atoms with Gasteiger partial charge in [-0.2, -0.15) is 0 Å². The molecule has 0 aliphatic carbocycles. The molecule has 2 amide bonds. The maximum absolute atomic E-state index is 11.2. The Morgan fingerprint density at radius 1 is 1.60 bits per heavy atom. The Kier molecular flexibility index (Phi) is 6.01. The smallest absolute Gasteiger partial charge is 0.315 e. The Balaban J connectivity index is 3.92. The van der Waals surface area contributed by atoms with Crippen molar-refractivity contribution in [1.82, 2.24) is 10.6 Å². The van der Waals surface area contributed by atoms with Crippen molar-refractivity contribution >= 4 is 6.03 Å². The highest BCUT2D eigenvalue weighted by atomic mass is 16.3. The van der Waals surface area contributed by atoms with Crippen LogP contribution < -0.4 is 10.6 Å². The molecule has 0 spiro atoms. The number of urea groups is 1. The molecule has 0 aliphatic rings. The van der Waals surface area contributed by atoms with E-state index in [2.05, 4.69) is 17.2 Å². The van der Waals surface area contributed by atoms with Gasteiger partial charge in [0.05, 0.1) is 5.60 Å². The summed E-state index contributed by atoms with van der Waals surface area (Å²) in [5, 5.41) is 15.2. The summed E-state index contributed by atoms with van der Waals surface area (Å²) in [5.41, 5.74) is -0.861. The first kappa shape index (κ1) is 14.0. The second-order valence-electron chi connectivity index (χ2n) is 4.02. The second-order valence-corrected chi connectivity index (χ2v) is 4.02. The van der Waals surface area contributed by atoms with Crippen LogP contribution in [0.3, 0.4) is 0 Å². The largest absolute Gasteiger partial charge is 0.388 e. The molecular formula is C11H22N2O2. The molecule has 88 valence electrons. The molecule has 2 atom stereocenters. The molecule has 0 fully saturated rings. The highest BCUT2D eigenvalue weighted by Gasteiger charge is 2.27. The zero-order valence-corrected chi connectivity index (χ0v) is 9.84. The third kappa shape index (κ3) is 5.42. The summed E-state index contributed by atoms with van der Waals surface area (Å²) in [6.07, 6.45) is 2.48. The Morgan fingerprint density at radius 3 is 2.67 bits per heavy atom. The number of hydrogen-bond donors (Lipinski definition) is 3. The summed E-state index contributed by atoms with van der Waals surface area (Å²) in [5.74, 6) is 0.150. The maximum Gasteiger partial charge on any atom is 0.315 e. The molecule has 15 heavy (non-hydrogen) atoms. The van der Waals surface area contributed by atoms with Crippen molar-refractivity contribution < 1.29 is 9.90 Å². The van der Waals surface area contributed by atoms with Gasteiger partial charge in [-0.3, -0.25) is 0 Å². The van der Waals surface area contributed by atoms with Gasteiger partial charge in [0.25, 0.3) is 0 Å². The number of hydrogen-bond acceptors (Lipinski definition) is 2. The second kappa shape index (κ2) is 6.45. The van der Waals surface area contributed by atoms with Crippen LogP contribution in [0.5, 0.6) is 0 Å². The molecule has 0 radical (unpaired) electrons. The molecule has 0 saturated heterocycles.